The molecule has 1 aliphatic rings. The number of halogens is 1. The van der Waals surface area contributed by atoms with Gasteiger partial charge in [-0.1, -0.05) is 28.1 Å². The first kappa shape index (κ1) is 19.5. The maximum atomic E-state index is 10.7. The van der Waals surface area contributed by atoms with Crippen molar-refractivity contribution >= 4 is 29.0 Å². The topological polar surface area (TPSA) is 107 Å². The fourth-order valence-corrected chi connectivity index (χ4v) is 3.48. The monoisotopic (exact) mass is 435 g/mol. The molecule has 4 rings (SSSR count). The fraction of sp³-hybridized carbons (Fsp3) is 0.316. The van der Waals surface area contributed by atoms with Gasteiger partial charge in [0, 0.05) is 12.1 Å². The molecule has 8 nitrogen and oxygen atoms in total. The van der Waals surface area contributed by atoms with Crippen molar-refractivity contribution in [3.8, 4) is 27.3 Å². The van der Waals surface area contributed by atoms with Crippen molar-refractivity contribution in [1.29, 1.82) is 0 Å². The lowest BCUT2D eigenvalue weighted by Gasteiger charge is -2.08. The zero-order valence-corrected chi connectivity index (χ0v) is 17.0. The third-order valence-corrected chi connectivity index (χ3v) is 5.51. The number of aromatic nitrogens is 2. The van der Waals surface area contributed by atoms with Gasteiger partial charge >= 0.3 is 6.09 Å². The Morgan fingerprint density at radius 1 is 1.45 bits per heavy atom. The zero-order chi connectivity index (χ0) is 20.4. The Labute approximate surface area is 175 Å². The van der Waals surface area contributed by atoms with Crippen molar-refractivity contribution < 1.29 is 23.9 Å². The van der Waals surface area contributed by atoms with Crippen molar-refractivity contribution in [3.05, 3.63) is 41.2 Å². The summed E-state index contributed by atoms with van der Waals surface area (Å²) in [4.78, 5) is 15.7. The minimum atomic E-state index is -1.13. The highest BCUT2D eigenvalue weighted by Gasteiger charge is 2.22. The molecule has 1 aromatic carbocycles. The summed E-state index contributed by atoms with van der Waals surface area (Å²) >= 11 is 7.58. The number of carbonyl (C=O) groups is 1. The van der Waals surface area contributed by atoms with E-state index >= 15 is 0 Å². The maximum Gasteiger partial charge on any atom is 0.405 e. The highest BCUT2D eigenvalue weighted by atomic mass is 35.5. The first-order chi connectivity index (χ1) is 14.0. The highest BCUT2D eigenvalue weighted by Crippen LogP contribution is 2.37. The van der Waals surface area contributed by atoms with Gasteiger partial charge < -0.3 is 24.4 Å². The van der Waals surface area contributed by atoms with E-state index in [1.165, 1.54) is 24.2 Å². The Morgan fingerprint density at radius 2 is 2.28 bits per heavy atom. The number of ether oxygens (including phenoxy) is 2. The van der Waals surface area contributed by atoms with Crippen LogP contribution in [-0.4, -0.2) is 27.9 Å². The van der Waals surface area contributed by atoms with Crippen LogP contribution in [0.4, 0.5) is 4.79 Å². The summed E-state index contributed by atoms with van der Waals surface area (Å²) in [6.07, 6.45) is 2.93. The van der Waals surface area contributed by atoms with E-state index in [2.05, 4.69) is 15.5 Å². The Bertz CT molecular complexity index is 1020. The maximum absolute atomic E-state index is 10.7. The lowest BCUT2D eigenvalue weighted by molar-refractivity contribution is 0.188. The Hall–Kier alpha value is -2.78. The molecule has 152 valence electrons. The average molecular weight is 436 g/mol. The number of nitrogens with one attached hydrogen (secondary N) is 1. The number of benzene rings is 1. The second-order valence-corrected chi connectivity index (χ2v) is 8.13. The Balaban J connectivity index is 1.41. The number of rotatable bonds is 8. The number of carboxylic acid groups (broad SMARTS) is 1. The molecule has 0 bridgehead atoms. The van der Waals surface area contributed by atoms with Crippen molar-refractivity contribution in [1.82, 2.24) is 15.5 Å². The number of hydrogen-bond donors (Lipinski definition) is 2. The van der Waals surface area contributed by atoms with E-state index in [-0.39, 0.29) is 0 Å². The smallest absolute Gasteiger partial charge is 0.405 e. The van der Waals surface area contributed by atoms with Gasteiger partial charge in [0.05, 0.1) is 28.7 Å². The summed E-state index contributed by atoms with van der Waals surface area (Å²) in [6, 6.07) is 6.44. The predicted octanol–water partition coefficient (Wildman–Crippen LogP) is 5.36. The number of thiazole rings is 1. The summed E-state index contributed by atoms with van der Waals surface area (Å²) in [5.41, 5.74) is 0.543. The quantitative estimate of drug-likeness (QED) is 0.490. The molecule has 0 radical (unpaired) electrons. The second-order valence-electron chi connectivity index (χ2n) is 6.72. The van der Waals surface area contributed by atoms with Gasteiger partial charge in [0.1, 0.15) is 17.2 Å². The number of nitrogens with zero attached hydrogens (tertiary/aromatic N) is 2. The molecule has 2 aromatic heterocycles. The third-order valence-electron chi connectivity index (χ3n) is 4.32. The molecule has 0 aliphatic heterocycles. The summed E-state index contributed by atoms with van der Waals surface area (Å²) < 4.78 is 16.7. The average Bonchev–Trinajstić information content (AvgIpc) is 3.17. The van der Waals surface area contributed by atoms with E-state index in [1.54, 1.807) is 31.3 Å². The largest absolute Gasteiger partial charge is 0.493 e. The molecular weight excluding hydrogens is 418 g/mol. The molecule has 0 saturated heterocycles. The molecule has 1 unspecified atom stereocenters. The molecular formula is C19H18ClN3O5S. The van der Waals surface area contributed by atoms with Crippen LogP contribution in [0.2, 0.25) is 5.02 Å². The van der Waals surface area contributed by atoms with Gasteiger partial charge in [-0.05, 0) is 37.8 Å². The van der Waals surface area contributed by atoms with Gasteiger partial charge in [-0.2, -0.15) is 0 Å². The first-order valence-electron chi connectivity index (χ1n) is 9.00. The zero-order valence-electron chi connectivity index (χ0n) is 15.4. The molecule has 10 heteroatoms. The molecule has 1 aliphatic carbocycles. The van der Waals surface area contributed by atoms with Crippen molar-refractivity contribution in [2.75, 3.05) is 6.61 Å². The molecule has 1 amide bonds. The lowest BCUT2D eigenvalue weighted by Crippen LogP contribution is -2.23. The minimum Gasteiger partial charge on any atom is -0.493 e. The molecule has 2 heterocycles. The van der Waals surface area contributed by atoms with E-state index < -0.39 is 12.1 Å². The predicted molar refractivity (Wildman–Crippen MR) is 107 cm³/mol. The van der Waals surface area contributed by atoms with Crippen LogP contribution in [0.3, 0.4) is 0 Å². The van der Waals surface area contributed by atoms with Crippen LogP contribution in [-0.2, 0) is 0 Å². The Morgan fingerprint density at radius 3 is 3.00 bits per heavy atom. The summed E-state index contributed by atoms with van der Waals surface area (Å²) in [5, 5.41) is 15.9. The van der Waals surface area contributed by atoms with Crippen molar-refractivity contribution in [2.24, 2.45) is 5.92 Å². The van der Waals surface area contributed by atoms with Crippen LogP contribution in [0, 0.1) is 5.92 Å². The SMILES string of the molecule is CC(NC(=O)O)c1cc(-c2cnc(Oc3ccc(OCC4CC4)cc3Cl)s2)no1. The van der Waals surface area contributed by atoms with Crippen LogP contribution in [0.1, 0.15) is 31.6 Å². The van der Waals surface area contributed by atoms with Crippen LogP contribution in [0.5, 0.6) is 16.7 Å². The Kier molecular flexibility index (Phi) is 5.59. The van der Waals surface area contributed by atoms with Crippen LogP contribution < -0.4 is 14.8 Å². The summed E-state index contributed by atoms with van der Waals surface area (Å²) in [6.45, 7) is 2.38. The lowest BCUT2D eigenvalue weighted by atomic mass is 10.2. The molecule has 1 fully saturated rings. The molecule has 0 spiro atoms. The summed E-state index contributed by atoms with van der Waals surface area (Å²) in [7, 11) is 0. The van der Waals surface area contributed by atoms with Gasteiger partial charge in [-0.25, -0.2) is 9.78 Å². The molecule has 1 atom stereocenters. The normalized spacial score (nSPS) is 14.4. The van der Waals surface area contributed by atoms with E-state index in [0.29, 0.717) is 45.7 Å². The van der Waals surface area contributed by atoms with E-state index in [1.807, 2.05) is 6.07 Å². The third kappa shape index (κ3) is 4.99. The van der Waals surface area contributed by atoms with Gasteiger partial charge in [-0.15, -0.1) is 0 Å². The molecule has 29 heavy (non-hydrogen) atoms. The van der Waals surface area contributed by atoms with Crippen molar-refractivity contribution in [2.45, 2.75) is 25.8 Å². The van der Waals surface area contributed by atoms with E-state index in [4.69, 9.17) is 30.7 Å². The first-order valence-corrected chi connectivity index (χ1v) is 10.2. The van der Waals surface area contributed by atoms with Crippen LogP contribution in [0.15, 0.2) is 35.0 Å². The molecule has 1 saturated carbocycles. The summed E-state index contributed by atoms with van der Waals surface area (Å²) in [5.74, 6) is 2.27. The van der Waals surface area contributed by atoms with Crippen molar-refractivity contribution in [3.63, 3.8) is 0 Å². The number of hydrogen-bond acceptors (Lipinski definition) is 7. The van der Waals surface area contributed by atoms with Gasteiger partial charge in [0.2, 0.25) is 0 Å². The van der Waals surface area contributed by atoms with Crippen LogP contribution >= 0.6 is 22.9 Å². The fourth-order valence-electron chi connectivity index (χ4n) is 2.54. The molecule has 2 N–H and O–H groups in total. The molecule has 3 aromatic rings. The van der Waals surface area contributed by atoms with E-state index in [0.717, 1.165) is 4.88 Å². The van der Waals surface area contributed by atoms with Crippen LogP contribution in [0.25, 0.3) is 10.6 Å². The number of amides is 1. The van der Waals surface area contributed by atoms with Gasteiger partial charge in [0.25, 0.3) is 5.19 Å². The standard InChI is InChI=1S/C19H18ClN3O5S/c1-10(22-18(24)25)16-7-14(23-28-16)17-8-21-19(29-17)27-15-5-4-12(6-13(15)20)26-9-11-2-3-11/h4-8,10-11,22H,2-3,9H2,1H3,(H,24,25). The van der Waals surface area contributed by atoms with Gasteiger partial charge in [-0.3, -0.25) is 0 Å². The second kappa shape index (κ2) is 8.30. The highest BCUT2D eigenvalue weighted by molar-refractivity contribution is 7.16. The van der Waals surface area contributed by atoms with E-state index in [9.17, 15) is 4.79 Å². The van der Waals surface area contributed by atoms with Gasteiger partial charge in [0.15, 0.2) is 5.76 Å². The minimum absolute atomic E-state index is 0.398.